The number of anilines is 2. The summed E-state index contributed by atoms with van der Waals surface area (Å²) in [7, 11) is 0. The van der Waals surface area contributed by atoms with Crippen molar-refractivity contribution in [2.75, 3.05) is 11.1 Å². The molecule has 3 N–H and O–H groups in total. The van der Waals surface area contributed by atoms with E-state index < -0.39 is 17.5 Å². The molecule has 0 bridgehead atoms. The minimum absolute atomic E-state index is 0.278. The molecule has 2 aromatic carbocycles. The van der Waals surface area contributed by atoms with Crippen LogP contribution in [0.5, 0.6) is 0 Å². The summed E-state index contributed by atoms with van der Waals surface area (Å²) < 4.78 is 27.6. The molecule has 21 heavy (non-hydrogen) atoms. The molecule has 0 aliphatic carbocycles. The van der Waals surface area contributed by atoms with Gasteiger partial charge in [0, 0.05) is 11.8 Å². The summed E-state index contributed by atoms with van der Waals surface area (Å²) in [6, 6.07) is 6.71. The number of nitrogen functional groups attached to an aromatic ring is 1. The van der Waals surface area contributed by atoms with E-state index in [1.807, 2.05) is 0 Å². The molecule has 0 aliphatic heterocycles. The van der Waals surface area contributed by atoms with Crippen molar-refractivity contribution in [2.45, 2.75) is 0 Å². The van der Waals surface area contributed by atoms with Crippen LogP contribution >= 0.6 is 11.3 Å². The number of rotatable bonds is 2. The van der Waals surface area contributed by atoms with Crippen LogP contribution in [-0.4, -0.2) is 10.9 Å². The highest BCUT2D eigenvalue weighted by atomic mass is 32.1. The van der Waals surface area contributed by atoms with Gasteiger partial charge in [-0.1, -0.05) is 0 Å². The molecule has 0 aliphatic rings. The van der Waals surface area contributed by atoms with Crippen molar-refractivity contribution < 1.29 is 13.6 Å². The molecule has 0 radical (unpaired) electrons. The van der Waals surface area contributed by atoms with Crippen LogP contribution in [0, 0.1) is 11.6 Å². The third-order valence-corrected chi connectivity index (χ3v) is 3.71. The molecule has 4 nitrogen and oxygen atoms in total. The lowest BCUT2D eigenvalue weighted by molar-refractivity contribution is 0.102. The number of aromatic nitrogens is 1. The van der Waals surface area contributed by atoms with E-state index >= 15 is 0 Å². The van der Waals surface area contributed by atoms with Gasteiger partial charge in [0.25, 0.3) is 5.91 Å². The second-order valence-corrected chi connectivity index (χ2v) is 5.23. The number of nitrogens with zero attached hydrogens (tertiary/aromatic N) is 1. The first-order valence-corrected chi connectivity index (χ1v) is 6.81. The molecule has 1 amide bonds. The van der Waals surface area contributed by atoms with Gasteiger partial charge in [-0.3, -0.25) is 4.79 Å². The topological polar surface area (TPSA) is 68.0 Å². The van der Waals surface area contributed by atoms with E-state index in [9.17, 15) is 13.6 Å². The quantitative estimate of drug-likeness (QED) is 0.713. The number of benzene rings is 2. The van der Waals surface area contributed by atoms with Gasteiger partial charge in [-0.25, -0.2) is 13.8 Å². The Morgan fingerprint density at radius 3 is 2.81 bits per heavy atom. The second-order valence-electron chi connectivity index (χ2n) is 4.34. The van der Waals surface area contributed by atoms with Crippen LogP contribution in [-0.2, 0) is 0 Å². The molecule has 0 saturated carbocycles. The second kappa shape index (κ2) is 5.10. The largest absolute Gasteiger partial charge is 0.396 e. The molecule has 7 heteroatoms. The van der Waals surface area contributed by atoms with Crippen molar-refractivity contribution in [1.82, 2.24) is 4.98 Å². The summed E-state index contributed by atoms with van der Waals surface area (Å²) in [5, 5.41) is 2.55. The van der Waals surface area contributed by atoms with E-state index in [0.717, 1.165) is 16.3 Å². The van der Waals surface area contributed by atoms with Crippen LogP contribution in [0.25, 0.3) is 10.2 Å². The lowest BCUT2D eigenvalue weighted by atomic mass is 10.1. The summed E-state index contributed by atoms with van der Waals surface area (Å²) in [5.74, 6) is -2.55. The van der Waals surface area contributed by atoms with E-state index in [-0.39, 0.29) is 11.3 Å². The first kappa shape index (κ1) is 13.4. The van der Waals surface area contributed by atoms with Gasteiger partial charge in [-0.05, 0) is 24.3 Å². The van der Waals surface area contributed by atoms with E-state index in [0.29, 0.717) is 11.8 Å². The molecule has 3 rings (SSSR count). The zero-order valence-corrected chi connectivity index (χ0v) is 11.4. The number of nitrogens with two attached hydrogens (primary N) is 1. The van der Waals surface area contributed by atoms with Crippen LogP contribution in [0.3, 0.4) is 0 Å². The minimum atomic E-state index is -0.960. The fourth-order valence-electron chi connectivity index (χ4n) is 1.87. The smallest absolute Gasteiger partial charge is 0.258 e. The lowest BCUT2D eigenvalue weighted by Gasteiger charge is -2.07. The Bertz CT molecular complexity index is 847. The van der Waals surface area contributed by atoms with Gasteiger partial charge < -0.3 is 11.1 Å². The SMILES string of the molecule is Nc1cc(C(=O)Nc2ccc3ncsc3c2)c(F)cc1F. The Hall–Kier alpha value is -2.54. The monoisotopic (exact) mass is 305 g/mol. The van der Waals surface area contributed by atoms with Crippen LogP contribution < -0.4 is 11.1 Å². The highest BCUT2D eigenvalue weighted by Crippen LogP contribution is 2.23. The lowest BCUT2D eigenvalue weighted by Crippen LogP contribution is -2.14. The van der Waals surface area contributed by atoms with Gasteiger partial charge in [0.05, 0.1) is 27.0 Å². The molecule has 3 aromatic rings. The zero-order valence-electron chi connectivity index (χ0n) is 10.6. The molecular weight excluding hydrogens is 296 g/mol. The van der Waals surface area contributed by atoms with E-state index in [1.165, 1.54) is 11.3 Å². The van der Waals surface area contributed by atoms with Gasteiger partial charge in [0.1, 0.15) is 11.6 Å². The van der Waals surface area contributed by atoms with Crippen molar-refractivity contribution in [1.29, 1.82) is 0 Å². The Balaban J connectivity index is 1.90. The number of thiazole rings is 1. The van der Waals surface area contributed by atoms with Crippen LogP contribution in [0.2, 0.25) is 0 Å². The van der Waals surface area contributed by atoms with E-state index in [1.54, 1.807) is 23.7 Å². The third-order valence-electron chi connectivity index (χ3n) is 2.92. The summed E-state index contributed by atoms with van der Waals surface area (Å²) in [4.78, 5) is 16.2. The Labute approximate surface area is 122 Å². The zero-order chi connectivity index (χ0) is 15.0. The summed E-state index contributed by atoms with van der Waals surface area (Å²) in [5.41, 5.74) is 7.77. The molecule has 1 aromatic heterocycles. The molecule has 0 unspecified atom stereocenters. The van der Waals surface area contributed by atoms with Gasteiger partial charge in [0.2, 0.25) is 0 Å². The minimum Gasteiger partial charge on any atom is -0.396 e. The number of carbonyl (C=O) groups is 1. The van der Waals surface area contributed by atoms with Crippen molar-refractivity contribution in [3.63, 3.8) is 0 Å². The van der Waals surface area contributed by atoms with Gasteiger partial charge >= 0.3 is 0 Å². The molecule has 106 valence electrons. The average Bonchev–Trinajstić information content (AvgIpc) is 2.90. The van der Waals surface area contributed by atoms with Crippen molar-refractivity contribution in [3.05, 3.63) is 53.0 Å². The molecule has 0 saturated heterocycles. The number of halogens is 2. The number of fused-ring (bicyclic) bond motifs is 1. The summed E-state index contributed by atoms with van der Waals surface area (Å²) in [6.45, 7) is 0. The highest BCUT2D eigenvalue weighted by molar-refractivity contribution is 7.16. The normalized spacial score (nSPS) is 10.8. The summed E-state index contributed by atoms with van der Waals surface area (Å²) in [6.07, 6.45) is 0. The fraction of sp³-hybridized carbons (Fsp3) is 0. The Morgan fingerprint density at radius 1 is 1.19 bits per heavy atom. The van der Waals surface area contributed by atoms with Gasteiger partial charge in [-0.2, -0.15) is 0 Å². The van der Waals surface area contributed by atoms with Crippen molar-refractivity contribution >= 4 is 38.8 Å². The number of amides is 1. The number of nitrogens with one attached hydrogen (secondary N) is 1. The van der Waals surface area contributed by atoms with Gasteiger partial charge in [-0.15, -0.1) is 11.3 Å². The third kappa shape index (κ3) is 2.55. The average molecular weight is 305 g/mol. The number of hydrogen-bond acceptors (Lipinski definition) is 4. The molecular formula is C14H9F2N3OS. The maximum atomic E-state index is 13.6. The number of hydrogen-bond donors (Lipinski definition) is 2. The Kier molecular flexibility index (Phi) is 3.26. The van der Waals surface area contributed by atoms with E-state index in [2.05, 4.69) is 10.3 Å². The van der Waals surface area contributed by atoms with Crippen molar-refractivity contribution in [3.8, 4) is 0 Å². The van der Waals surface area contributed by atoms with E-state index in [4.69, 9.17) is 5.73 Å². The molecule has 0 atom stereocenters. The summed E-state index contributed by atoms with van der Waals surface area (Å²) >= 11 is 1.43. The van der Waals surface area contributed by atoms with Crippen LogP contribution in [0.4, 0.5) is 20.2 Å². The highest BCUT2D eigenvalue weighted by Gasteiger charge is 2.15. The van der Waals surface area contributed by atoms with Crippen molar-refractivity contribution in [2.24, 2.45) is 0 Å². The molecule has 0 fully saturated rings. The first-order chi connectivity index (χ1) is 10.0. The predicted molar refractivity (Wildman–Crippen MR) is 78.3 cm³/mol. The molecule has 1 heterocycles. The van der Waals surface area contributed by atoms with Crippen LogP contribution in [0.15, 0.2) is 35.8 Å². The number of carbonyl (C=O) groups excluding carboxylic acids is 1. The maximum absolute atomic E-state index is 13.6. The fourth-order valence-corrected chi connectivity index (χ4v) is 2.59. The predicted octanol–water partition coefficient (Wildman–Crippen LogP) is 3.41. The Morgan fingerprint density at radius 2 is 2.00 bits per heavy atom. The van der Waals surface area contributed by atoms with Gasteiger partial charge in [0.15, 0.2) is 0 Å². The van der Waals surface area contributed by atoms with Crippen LogP contribution in [0.1, 0.15) is 10.4 Å². The standard InChI is InChI=1S/C14H9F2N3OS/c15-9-5-10(16)11(17)4-8(9)14(20)19-7-1-2-12-13(3-7)21-6-18-12/h1-6H,17H2,(H,19,20). The first-order valence-electron chi connectivity index (χ1n) is 5.94. The molecule has 0 spiro atoms. The maximum Gasteiger partial charge on any atom is 0.258 e.